The van der Waals surface area contributed by atoms with Gasteiger partial charge in [-0.2, -0.15) is 0 Å². The molecule has 2 aromatic carbocycles. The highest BCUT2D eigenvalue weighted by Crippen LogP contribution is 2.45. The first-order chi connectivity index (χ1) is 14.5. The molecule has 3 rings (SSSR count). The Morgan fingerprint density at radius 3 is 2.07 bits per heavy atom. The highest BCUT2D eigenvalue weighted by Gasteiger charge is 2.44. The van der Waals surface area contributed by atoms with Crippen LogP contribution in [0.15, 0.2) is 36.4 Å². The van der Waals surface area contributed by atoms with Crippen LogP contribution in [0.2, 0.25) is 0 Å². The van der Waals surface area contributed by atoms with Crippen LogP contribution in [0.3, 0.4) is 0 Å². The van der Waals surface area contributed by atoms with E-state index in [1.165, 1.54) is 45.1 Å². The molecule has 2 atom stereocenters. The van der Waals surface area contributed by atoms with Gasteiger partial charge < -0.3 is 29.0 Å². The average Bonchev–Trinajstić information content (AvgIpc) is 3.22. The molecule has 1 aliphatic rings. The van der Waals surface area contributed by atoms with Gasteiger partial charge in [-0.3, -0.25) is 4.79 Å². The summed E-state index contributed by atoms with van der Waals surface area (Å²) >= 11 is 1.37. The largest absolute Gasteiger partial charge is 0.496 e. The summed E-state index contributed by atoms with van der Waals surface area (Å²) in [6, 6.07) is 9.25. The molecule has 2 aromatic rings. The van der Waals surface area contributed by atoms with Crippen molar-refractivity contribution in [1.29, 1.82) is 0 Å². The van der Waals surface area contributed by atoms with Crippen molar-refractivity contribution in [3.8, 4) is 23.0 Å². The molecule has 9 heteroatoms. The van der Waals surface area contributed by atoms with Gasteiger partial charge in [0.15, 0.2) is 11.5 Å². The minimum atomic E-state index is -1.08. The minimum Gasteiger partial charge on any atom is -0.496 e. The molecule has 1 amide bonds. The van der Waals surface area contributed by atoms with Gasteiger partial charge in [0.25, 0.3) is 5.91 Å². The number of carbonyl (C=O) groups is 2. The third-order valence-electron chi connectivity index (χ3n) is 4.85. The summed E-state index contributed by atoms with van der Waals surface area (Å²) in [5, 5.41) is 9.23. The van der Waals surface area contributed by atoms with E-state index >= 15 is 0 Å². The van der Waals surface area contributed by atoms with Crippen molar-refractivity contribution < 1.29 is 33.6 Å². The Balaban J connectivity index is 2.09. The zero-order valence-corrected chi connectivity index (χ0v) is 17.9. The predicted octanol–water partition coefficient (Wildman–Crippen LogP) is 3.06. The number of thioether (sulfide) groups is 1. The highest BCUT2D eigenvalue weighted by atomic mass is 32.2. The van der Waals surface area contributed by atoms with E-state index in [0.717, 1.165) is 5.56 Å². The minimum absolute atomic E-state index is 0.182. The molecule has 0 aliphatic carbocycles. The lowest BCUT2D eigenvalue weighted by Crippen LogP contribution is -2.43. The average molecular weight is 433 g/mol. The van der Waals surface area contributed by atoms with Crippen molar-refractivity contribution in [3.05, 3.63) is 47.5 Å². The van der Waals surface area contributed by atoms with Gasteiger partial charge in [-0.15, -0.1) is 11.8 Å². The van der Waals surface area contributed by atoms with Crippen LogP contribution in [0.25, 0.3) is 0 Å². The lowest BCUT2D eigenvalue weighted by Gasteiger charge is -2.29. The molecule has 1 fully saturated rings. The van der Waals surface area contributed by atoms with E-state index in [9.17, 15) is 14.7 Å². The fraction of sp³-hybridized carbons (Fsp3) is 0.333. The van der Waals surface area contributed by atoms with Crippen LogP contribution in [-0.4, -0.2) is 62.1 Å². The number of carboxylic acid groups (broad SMARTS) is 1. The van der Waals surface area contributed by atoms with Crippen LogP contribution in [0.5, 0.6) is 23.0 Å². The quantitative estimate of drug-likeness (QED) is 0.712. The van der Waals surface area contributed by atoms with Crippen molar-refractivity contribution in [2.75, 3.05) is 34.2 Å². The third kappa shape index (κ3) is 3.85. The number of hydrogen-bond acceptors (Lipinski definition) is 7. The van der Waals surface area contributed by atoms with E-state index in [1.54, 1.807) is 36.4 Å². The molecule has 1 saturated heterocycles. The van der Waals surface area contributed by atoms with Gasteiger partial charge in [-0.25, -0.2) is 4.79 Å². The number of methoxy groups -OCH3 is 4. The molecule has 160 valence electrons. The second kappa shape index (κ2) is 9.17. The monoisotopic (exact) mass is 433 g/mol. The Labute approximate surface area is 178 Å². The van der Waals surface area contributed by atoms with Gasteiger partial charge >= 0.3 is 5.97 Å². The van der Waals surface area contributed by atoms with Crippen molar-refractivity contribution >= 4 is 23.6 Å². The number of benzene rings is 2. The highest BCUT2D eigenvalue weighted by molar-refractivity contribution is 7.99. The van der Waals surface area contributed by atoms with E-state index in [1.807, 2.05) is 0 Å². The number of hydrogen-bond donors (Lipinski definition) is 1. The number of nitrogens with zero attached hydrogens (tertiary/aromatic N) is 1. The van der Waals surface area contributed by atoms with Crippen LogP contribution >= 0.6 is 11.8 Å². The van der Waals surface area contributed by atoms with E-state index in [4.69, 9.17) is 18.9 Å². The number of amides is 1. The van der Waals surface area contributed by atoms with Gasteiger partial charge in [0, 0.05) is 5.75 Å². The van der Waals surface area contributed by atoms with Crippen LogP contribution in [-0.2, 0) is 4.79 Å². The van der Waals surface area contributed by atoms with E-state index < -0.39 is 23.3 Å². The first-order valence-electron chi connectivity index (χ1n) is 9.06. The van der Waals surface area contributed by atoms with Crippen molar-refractivity contribution in [3.63, 3.8) is 0 Å². The zero-order chi connectivity index (χ0) is 21.8. The third-order valence-corrected chi connectivity index (χ3v) is 6.18. The van der Waals surface area contributed by atoms with Crippen LogP contribution < -0.4 is 18.9 Å². The van der Waals surface area contributed by atoms with Crippen molar-refractivity contribution in [1.82, 2.24) is 4.90 Å². The fourth-order valence-electron chi connectivity index (χ4n) is 3.40. The maximum Gasteiger partial charge on any atom is 0.327 e. The second-order valence-electron chi connectivity index (χ2n) is 6.40. The zero-order valence-electron chi connectivity index (χ0n) is 17.1. The summed E-state index contributed by atoms with van der Waals surface area (Å²) < 4.78 is 21.4. The molecule has 0 aromatic heterocycles. The Morgan fingerprint density at radius 1 is 0.933 bits per heavy atom. The smallest absolute Gasteiger partial charge is 0.327 e. The first-order valence-corrected chi connectivity index (χ1v) is 10.1. The maximum atomic E-state index is 13.6. The molecule has 8 nitrogen and oxygen atoms in total. The first kappa shape index (κ1) is 21.6. The summed E-state index contributed by atoms with van der Waals surface area (Å²) in [7, 11) is 5.95. The van der Waals surface area contributed by atoms with Gasteiger partial charge in [0.1, 0.15) is 28.5 Å². The molecule has 1 heterocycles. The Bertz CT molecular complexity index is 927. The second-order valence-corrected chi connectivity index (χ2v) is 7.52. The number of carboxylic acids is 1. The Hall–Kier alpha value is -3.07. The van der Waals surface area contributed by atoms with Crippen LogP contribution in [0, 0.1) is 0 Å². The number of rotatable bonds is 7. The normalized spacial score (nSPS) is 18.1. The molecule has 1 N–H and O–H groups in total. The van der Waals surface area contributed by atoms with Crippen molar-refractivity contribution in [2.24, 2.45) is 0 Å². The van der Waals surface area contributed by atoms with Gasteiger partial charge in [0.05, 0.1) is 28.4 Å². The molecule has 1 aliphatic heterocycles. The van der Waals surface area contributed by atoms with Gasteiger partial charge in [0.2, 0.25) is 0 Å². The topological polar surface area (TPSA) is 94.5 Å². The number of aliphatic carboxylic acids is 1. The molecular formula is C21H23NO7S. The molecule has 0 radical (unpaired) electrons. The summed E-state index contributed by atoms with van der Waals surface area (Å²) in [5.41, 5.74) is 0.908. The SMILES string of the molecule is COc1ccc(C2SCC(C(=O)O)N2C(=O)c2c(OC)cccc2OC)cc1OC. The van der Waals surface area contributed by atoms with E-state index in [0.29, 0.717) is 23.0 Å². The van der Waals surface area contributed by atoms with Crippen LogP contribution in [0.1, 0.15) is 21.3 Å². The van der Waals surface area contributed by atoms with Gasteiger partial charge in [-0.1, -0.05) is 12.1 Å². The summed E-state index contributed by atoms with van der Waals surface area (Å²) in [6.45, 7) is 0. The Morgan fingerprint density at radius 2 is 1.53 bits per heavy atom. The van der Waals surface area contributed by atoms with Crippen molar-refractivity contribution in [2.45, 2.75) is 11.4 Å². The van der Waals surface area contributed by atoms with E-state index in [-0.39, 0.29) is 11.3 Å². The summed E-state index contributed by atoms with van der Waals surface area (Å²) in [4.78, 5) is 26.9. The van der Waals surface area contributed by atoms with Crippen LogP contribution in [0.4, 0.5) is 0 Å². The molecular weight excluding hydrogens is 410 g/mol. The number of ether oxygens (including phenoxy) is 4. The maximum absolute atomic E-state index is 13.6. The lowest BCUT2D eigenvalue weighted by molar-refractivity contribution is -0.141. The fourth-order valence-corrected chi connectivity index (χ4v) is 4.81. The standard InChI is InChI=1S/C21H23NO7S/c1-26-14-9-8-12(10-17(14)29-4)20-22(13(11-30-20)21(24)25)19(23)18-15(27-2)6-5-7-16(18)28-3/h5-10,13,20H,11H2,1-4H3,(H,24,25). The van der Waals surface area contributed by atoms with Gasteiger partial charge in [-0.05, 0) is 29.8 Å². The predicted molar refractivity (Wildman–Crippen MR) is 112 cm³/mol. The molecule has 30 heavy (non-hydrogen) atoms. The molecule has 0 bridgehead atoms. The lowest BCUT2D eigenvalue weighted by atomic mass is 10.1. The Kier molecular flexibility index (Phi) is 6.61. The number of carbonyl (C=O) groups excluding carboxylic acids is 1. The molecule has 0 spiro atoms. The summed E-state index contributed by atoms with van der Waals surface area (Å²) in [5.74, 6) is 0.351. The summed E-state index contributed by atoms with van der Waals surface area (Å²) in [6.07, 6.45) is 0. The molecule has 0 saturated carbocycles. The molecule has 2 unspecified atom stereocenters. The van der Waals surface area contributed by atoms with E-state index in [2.05, 4.69) is 0 Å².